The van der Waals surface area contributed by atoms with Crippen molar-refractivity contribution in [2.75, 3.05) is 13.2 Å². The van der Waals surface area contributed by atoms with Crippen LogP contribution in [0.3, 0.4) is 0 Å². The number of allylic oxidation sites excluding steroid dienone is 1. The number of hydrogen-bond donors (Lipinski definition) is 0. The summed E-state index contributed by atoms with van der Waals surface area (Å²) in [4.78, 5) is 0. The SMILES string of the molecule is C/C=C\C(C)C1(CCCCC)OCCCO1. The van der Waals surface area contributed by atoms with Crippen LogP contribution < -0.4 is 0 Å². The van der Waals surface area contributed by atoms with Gasteiger partial charge in [-0.25, -0.2) is 0 Å². The molecule has 1 aliphatic heterocycles. The molecule has 1 unspecified atom stereocenters. The van der Waals surface area contributed by atoms with Gasteiger partial charge in [-0.2, -0.15) is 0 Å². The minimum Gasteiger partial charge on any atom is -0.349 e. The molecule has 1 heterocycles. The highest BCUT2D eigenvalue weighted by Gasteiger charge is 2.38. The van der Waals surface area contributed by atoms with Crippen LogP contribution in [0.25, 0.3) is 0 Å². The second-order valence-electron chi connectivity index (χ2n) is 4.63. The molecule has 94 valence electrons. The summed E-state index contributed by atoms with van der Waals surface area (Å²) in [6.07, 6.45) is 10.0. The number of rotatable bonds is 6. The zero-order chi connectivity index (χ0) is 11.9. The zero-order valence-electron chi connectivity index (χ0n) is 11.0. The van der Waals surface area contributed by atoms with Gasteiger partial charge in [-0.1, -0.05) is 38.8 Å². The maximum Gasteiger partial charge on any atom is 0.174 e. The predicted molar refractivity (Wildman–Crippen MR) is 67.4 cm³/mol. The Morgan fingerprint density at radius 2 is 1.94 bits per heavy atom. The van der Waals surface area contributed by atoms with Crippen LogP contribution in [0.1, 0.15) is 52.9 Å². The van der Waals surface area contributed by atoms with Crippen molar-refractivity contribution in [2.45, 2.75) is 58.7 Å². The molecule has 1 atom stereocenters. The topological polar surface area (TPSA) is 18.5 Å². The Kier molecular flexibility index (Phi) is 6.07. The van der Waals surface area contributed by atoms with Crippen molar-refractivity contribution in [2.24, 2.45) is 5.92 Å². The van der Waals surface area contributed by atoms with Gasteiger partial charge >= 0.3 is 0 Å². The molecule has 1 rings (SSSR count). The molecule has 0 saturated carbocycles. The van der Waals surface area contributed by atoms with E-state index in [9.17, 15) is 0 Å². The average Bonchev–Trinajstić information content (AvgIpc) is 2.31. The highest BCUT2D eigenvalue weighted by Crippen LogP contribution is 2.33. The largest absolute Gasteiger partial charge is 0.349 e. The Morgan fingerprint density at radius 1 is 1.25 bits per heavy atom. The smallest absolute Gasteiger partial charge is 0.174 e. The van der Waals surface area contributed by atoms with Gasteiger partial charge in [0.05, 0.1) is 13.2 Å². The van der Waals surface area contributed by atoms with Crippen LogP contribution in [0, 0.1) is 5.92 Å². The first kappa shape index (κ1) is 13.7. The highest BCUT2D eigenvalue weighted by molar-refractivity contribution is 4.93. The second kappa shape index (κ2) is 7.08. The van der Waals surface area contributed by atoms with E-state index >= 15 is 0 Å². The fraction of sp³-hybridized carbons (Fsp3) is 0.857. The van der Waals surface area contributed by atoms with E-state index in [0.29, 0.717) is 5.92 Å². The summed E-state index contributed by atoms with van der Waals surface area (Å²) in [6.45, 7) is 8.16. The van der Waals surface area contributed by atoms with Gasteiger partial charge in [-0.3, -0.25) is 0 Å². The molecule has 2 heteroatoms. The van der Waals surface area contributed by atoms with Gasteiger partial charge in [-0.05, 0) is 19.8 Å². The van der Waals surface area contributed by atoms with Crippen molar-refractivity contribution in [1.29, 1.82) is 0 Å². The average molecular weight is 226 g/mol. The van der Waals surface area contributed by atoms with E-state index in [1.54, 1.807) is 0 Å². The Hall–Kier alpha value is -0.340. The molecule has 0 N–H and O–H groups in total. The van der Waals surface area contributed by atoms with Gasteiger partial charge in [-0.15, -0.1) is 0 Å². The van der Waals surface area contributed by atoms with Gasteiger partial charge in [0.1, 0.15) is 0 Å². The van der Waals surface area contributed by atoms with Crippen molar-refractivity contribution in [3.05, 3.63) is 12.2 Å². The van der Waals surface area contributed by atoms with Crippen molar-refractivity contribution in [3.63, 3.8) is 0 Å². The molecular formula is C14H26O2. The van der Waals surface area contributed by atoms with Crippen LogP contribution in [-0.2, 0) is 9.47 Å². The highest BCUT2D eigenvalue weighted by atomic mass is 16.7. The van der Waals surface area contributed by atoms with Gasteiger partial charge in [0.25, 0.3) is 0 Å². The van der Waals surface area contributed by atoms with Crippen LogP contribution in [0.15, 0.2) is 12.2 Å². The summed E-state index contributed by atoms with van der Waals surface area (Å²) in [5.41, 5.74) is 0. The van der Waals surface area contributed by atoms with Crippen LogP contribution in [0.2, 0.25) is 0 Å². The van der Waals surface area contributed by atoms with Crippen LogP contribution in [-0.4, -0.2) is 19.0 Å². The van der Waals surface area contributed by atoms with Crippen molar-refractivity contribution in [1.82, 2.24) is 0 Å². The maximum absolute atomic E-state index is 5.95. The van der Waals surface area contributed by atoms with Gasteiger partial charge in [0, 0.05) is 12.3 Å². The molecule has 0 aliphatic carbocycles. The lowest BCUT2D eigenvalue weighted by Crippen LogP contribution is -2.45. The molecule has 0 aromatic heterocycles. The third kappa shape index (κ3) is 3.60. The zero-order valence-corrected chi connectivity index (χ0v) is 11.0. The lowest BCUT2D eigenvalue weighted by molar-refractivity contribution is -0.287. The molecule has 0 aromatic rings. The molecule has 0 radical (unpaired) electrons. The second-order valence-corrected chi connectivity index (χ2v) is 4.63. The van der Waals surface area contributed by atoms with E-state index in [-0.39, 0.29) is 5.79 Å². The molecule has 1 aliphatic rings. The van der Waals surface area contributed by atoms with Crippen molar-refractivity contribution < 1.29 is 9.47 Å². The summed E-state index contributed by atoms with van der Waals surface area (Å²) in [5, 5.41) is 0. The Bertz CT molecular complexity index is 205. The first-order chi connectivity index (χ1) is 7.75. The molecule has 0 bridgehead atoms. The quantitative estimate of drug-likeness (QED) is 0.505. The lowest BCUT2D eigenvalue weighted by Gasteiger charge is -2.41. The van der Waals surface area contributed by atoms with Gasteiger partial charge in [0.15, 0.2) is 5.79 Å². The van der Waals surface area contributed by atoms with Crippen molar-refractivity contribution in [3.8, 4) is 0 Å². The lowest BCUT2D eigenvalue weighted by atomic mass is 9.93. The van der Waals surface area contributed by atoms with Crippen LogP contribution in [0.5, 0.6) is 0 Å². The molecule has 16 heavy (non-hydrogen) atoms. The first-order valence-electron chi connectivity index (χ1n) is 6.66. The number of unbranched alkanes of at least 4 members (excludes halogenated alkanes) is 2. The summed E-state index contributed by atoms with van der Waals surface area (Å²) in [6, 6.07) is 0. The number of hydrogen-bond acceptors (Lipinski definition) is 2. The minimum absolute atomic E-state index is 0.342. The Balaban J connectivity index is 2.59. The predicted octanol–water partition coefficient (Wildman–Crippen LogP) is 3.91. The molecule has 2 nitrogen and oxygen atoms in total. The van der Waals surface area contributed by atoms with Crippen molar-refractivity contribution >= 4 is 0 Å². The third-order valence-corrected chi connectivity index (χ3v) is 3.29. The summed E-state index contributed by atoms with van der Waals surface area (Å²) in [7, 11) is 0. The Labute approximate surface area is 100 Å². The first-order valence-corrected chi connectivity index (χ1v) is 6.66. The molecule has 0 amide bonds. The van der Waals surface area contributed by atoms with Gasteiger partial charge in [0.2, 0.25) is 0 Å². The molecular weight excluding hydrogens is 200 g/mol. The van der Waals surface area contributed by atoms with E-state index in [1.165, 1.54) is 19.3 Å². The molecule has 1 fully saturated rings. The van der Waals surface area contributed by atoms with Crippen LogP contribution >= 0.6 is 0 Å². The van der Waals surface area contributed by atoms with E-state index in [0.717, 1.165) is 26.1 Å². The van der Waals surface area contributed by atoms with E-state index < -0.39 is 0 Å². The van der Waals surface area contributed by atoms with E-state index in [1.807, 2.05) is 0 Å². The Morgan fingerprint density at radius 3 is 2.50 bits per heavy atom. The van der Waals surface area contributed by atoms with Gasteiger partial charge < -0.3 is 9.47 Å². The number of ether oxygens (including phenoxy) is 2. The normalized spacial score (nSPS) is 22.4. The summed E-state index contributed by atoms with van der Waals surface area (Å²) < 4.78 is 11.9. The summed E-state index contributed by atoms with van der Waals surface area (Å²) >= 11 is 0. The summed E-state index contributed by atoms with van der Waals surface area (Å²) in [5.74, 6) is -0.00502. The molecule has 1 saturated heterocycles. The third-order valence-electron chi connectivity index (χ3n) is 3.29. The standard InChI is InChI=1S/C14H26O2/c1-4-6-7-10-14(13(3)9-5-2)15-11-8-12-16-14/h5,9,13H,4,6-8,10-12H2,1-3H3/b9-5-. The minimum atomic E-state index is -0.347. The maximum atomic E-state index is 5.95. The molecule has 0 aromatic carbocycles. The van der Waals surface area contributed by atoms with E-state index in [4.69, 9.17) is 9.47 Å². The molecule has 0 spiro atoms. The fourth-order valence-electron chi connectivity index (χ4n) is 2.28. The monoisotopic (exact) mass is 226 g/mol. The van der Waals surface area contributed by atoms with E-state index in [2.05, 4.69) is 32.9 Å². The fourth-order valence-corrected chi connectivity index (χ4v) is 2.28. The van der Waals surface area contributed by atoms with Crippen LogP contribution in [0.4, 0.5) is 0 Å².